The van der Waals surface area contributed by atoms with E-state index in [2.05, 4.69) is 20.0 Å². The Balaban J connectivity index is 2.37. The van der Waals surface area contributed by atoms with Crippen molar-refractivity contribution in [2.75, 3.05) is 13.7 Å². The molecular weight excluding hydrogens is 244 g/mol. The zero-order chi connectivity index (χ0) is 13.4. The summed E-state index contributed by atoms with van der Waals surface area (Å²) in [7, 11) is -0.307. The molecule has 0 amide bonds. The minimum absolute atomic E-state index is 0.606. The van der Waals surface area contributed by atoms with E-state index in [0.29, 0.717) is 6.61 Å². The second kappa shape index (κ2) is 7.56. The highest BCUT2D eigenvalue weighted by Gasteiger charge is 2.24. The van der Waals surface area contributed by atoms with Crippen molar-refractivity contribution in [3.05, 3.63) is 29.8 Å². The Labute approximate surface area is 111 Å². The van der Waals surface area contributed by atoms with Crippen LogP contribution in [0.3, 0.4) is 0 Å². The second-order valence-corrected chi connectivity index (χ2v) is 8.12. The van der Waals surface area contributed by atoms with Crippen LogP contribution in [0.25, 0.3) is 0 Å². The van der Waals surface area contributed by atoms with Crippen molar-refractivity contribution in [2.24, 2.45) is 0 Å². The van der Waals surface area contributed by atoms with Gasteiger partial charge in [-0.3, -0.25) is 0 Å². The van der Waals surface area contributed by atoms with E-state index in [9.17, 15) is 0 Å². The zero-order valence-electron chi connectivity index (χ0n) is 11.9. The summed E-state index contributed by atoms with van der Waals surface area (Å²) in [4.78, 5) is 0. The van der Waals surface area contributed by atoms with E-state index >= 15 is 0 Å². The van der Waals surface area contributed by atoms with Gasteiger partial charge in [-0.2, -0.15) is 0 Å². The van der Waals surface area contributed by atoms with E-state index in [1.54, 1.807) is 7.11 Å². The molecule has 0 aliphatic rings. The van der Waals surface area contributed by atoms with Gasteiger partial charge in [-0.05, 0) is 37.2 Å². The lowest BCUT2D eigenvalue weighted by Gasteiger charge is -2.22. The Bertz CT molecular complexity index is 335. The van der Waals surface area contributed by atoms with Crippen LogP contribution in [0.5, 0.6) is 5.75 Å². The molecule has 0 aliphatic heterocycles. The smallest absolute Gasteiger partial charge is 0.332 e. The number of hydrogen-bond donors (Lipinski definition) is 0. The first-order chi connectivity index (χ1) is 8.57. The second-order valence-electron chi connectivity index (χ2n) is 4.74. The minimum atomic E-state index is -1.98. The summed E-state index contributed by atoms with van der Waals surface area (Å²) in [5.74, 6) is 0.870. The van der Waals surface area contributed by atoms with Crippen molar-refractivity contribution in [2.45, 2.75) is 39.5 Å². The first-order valence-corrected chi connectivity index (χ1v) is 9.30. The van der Waals surface area contributed by atoms with Crippen LogP contribution in [0.4, 0.5) is 0 Å². The van der Waals surface area contributed by atoms with Crippen molar-refractivity contribution in [1.29, 1.82) is 0 Å². The molecule has 0 N–H and O–H groups in total. The van der Waals surface area contributed by atoms with Gasteiger partial charge >= 0.3 is 8.56 Å². The van der Waals surface area contributed by atoms with Gasteiger partial charge in [0.05, 0.1) is 13.7 Å². The molecule has 0 fully saturated rings. The number of ether oxygens (including phenoxy) is 1. The zero-order valence-corrected chi connectivity index (χ0v) is 12.9. The summed E-state index contributed by atoms with van der Waals surface area (Å²) >= 11 is 0. The third-order valence-corrected chi connectivity index (χ3v) is 4.43. The summed E-state index contributed by atoms with van der Waals surface area (Å²) in [6.45, 7) is 7.75. The Morgan fingerprint density at radius 2 is 1.72 bits per heavy atom. The number of hydrogen-bond acceptors (Lipinski definition) is 3. The maximum absolute atomic E-state index is 5.91. The summed E-state index contributed by atoms with van der Waals surface area (Å²) in [5, 5.41) is 0. The molecule has 0 aliphatic carbocycles. The van der Waals surface area contributed by atoms with Gasteiger partial charge in [0.25, 0.3) is 0 Å². The van der Waals surface area contributed by atoms with Gasteiger partial charge in [-0.1, -0.05) is 25.5 Å². The SMILES string of the molecule is CCCCO[Si](C)(C)OCc1ccc(OC)cc1. The van der Waals surface area contributed by atoms with Crippen molar-refractivity contribution in [3.63, 3.8) is 0 Å². The topological polar surface area (TPSA) is 27.7 Å². The molecule has 0 aromatic heterocycles. The molecular formula is C14H24O3Si. The molecule has 18 heavy (non-hydrogen) atoms. The Hall–Kier alpha value is -0.843. The maximum Gasteiger partial charge on any atom is 0.332 e. The van der Waals surface area contributed by atoms with Crippen LogP contribution in [-0.2, 0) is 15.5 Å². The van der Waals surface area contributed by atoms with E-state index < -0.39 is 8.56 Å². The molecule has 0 radical (unpaired) electrons. The number of methoxy groups -OCH3 is 1. The van der Waals surface area contributed by atoms with E-state index in [1.807, 2.05) is 24.3 Å². The van der Waals surface area contributed by atoms with E-state index in [0.717, 1.165) is 30.8 Å². The molecule has 4 heteroatoms. The van der Waals surface area contributed by atoms with Gasteiger partial charge in [-0.15, -0.1) is 0 Å². The van der Waals surface area contributed by atoms with Gasteiger partial charge in [0.1, 0.15) is 5.75 Å². The highest BCUT2D eigenvalue weighted by atomic mass is 28.4. The van der Waals surface area contributed by atoms with Gasteiger partial charge in [-0.25, -0.2) is 0 Å². The Kier molecular flexibility index (Phi) is 6.39. The van der Waals surface area contributed by atoms with Crippen LogP contribution in [0, 0.1) is 0 Å². The van der Waals surface area contributed by atoms with Crippen molar-refractivity contribution in [3.8, 4) is 5.75 Å². The average Bonchev–Trinajstić information content (AvgIpc) is 2.37. The molecule has 0 heterocycles. The molecule has 0 atom stereocenters. The third kappa shape index (κ3) is 5.66. The van der Waals surface area contributed by atoms with Crippen LogP contribution in [0.2, 0.25) is 13.1 Å². The van der Waals surface area contributed by atoms with Crippen LogP contribution in [0.1, 0.15) is 25.3 Å². The molecule has 1 aromatic rings. The predicted octanol–water partition coefficient (Wildman–Crippen LogP) is 3.73. The Morgan fingerprint density at radius 1 is 1.06 bits per heavy atom. The monoisotopic (exact) mass is 268 g/mol. The molecule has 1 aromatic carbocycles. The maximum atomic E-state index is 5.91. The van der Waals surface area contributed by atoms with Crippen LogP contribution >= 0.6 is 0 Å². The molecule has 3 nitrogen and oxygen atoms in total. The summed E-state index contributed by atoms with van der Waals surface area (Å²) in [5.41, 5.74) is 1.15. The quantitative estimate of drug-likeness (QED) is 0.531. The highest BCUT2D eigenvalue weighted by molar-refractivity contribution is 6.64. The van der Waals surface area contributed by atoms with Crippen molar-refractivity contribution < 1.29 is 13.6 Å². The fourth-order valence-electron chi connectivity index (χ4n) is 1.48. The first-order valence-electron chi connectivity index (χ1n) is 6.48. The van der Waals surface area contributed by atoms with E-state index in [4.69, 9.17) is 13.6 Å². The lowest BCUT2D eigenvalue weighted by Crippen LogP contribution is -2.34. The largest absolute Gasteiger partial charge is 0.497 e. The molecule has 102 valence electrons. The summed E-state index contributed by atoms with van der Waals surface area (Å²) in [6, 6.07) is 7.95. The van der Waals surface area contributed by atoms with Gasteiger partial charge in [0, 0.05) is 6.61 Å². The Morgan fingerprint density at radius 3 is 2.28 bits per heavy atom. The molecule has 0 saturated heterocycles. The minimum Gasteiger partial charge on any atom is -0.497 e. The lowest BCUT2D eigenvalue weighted by molar-refractivity contribution is 0.169. The van der Waals surface area contributed by atoms with Crippen molar-refractivity contribution >= 4 is 8.56 Å². The van der Waals surface area contributed by atoms with Crippen LogP contribution < -0.4 is 4.74 Å². The lowest BCUT2D eigenvalue weighted by atomic mass is 10.2. The molecule has 0 unspecified atom stereocenters. The number of benzene rings is 1. The normalized spacial score (nSPS) is 11.6. The van der Waals surface area contributed by atoms with Crippen LogP contribution in [-0.4, -0.2) is 22.3 Å². The average molecular weight is 268 g/mol. The third-order valence-electron chi connectivity index (χ3n) is 2.69. The number of unbranched alkanes of at least 4 members (excludes halogenated alkanes) is 1. The summed E-state index contributed by atoms with van der Waals surface area (Å²) in [6.07, 6.45) is 2.26. The van der Waals surface area contributed by atoms with Gasteiger partial charge in [0.15, 0.2) is 0 Å². The highest BCUT2D eigenvalue weighted by Crippen LogP contribution is 2.15. The van der Waals surface area contributed by atoms with E-state index in [1.165, 1.54) is 0 Å². The van der Waals surface area contributed by atoms with Crippen molar-refractivity contribution in [1.82, 2.24) is 0 Å². The fraction of sp³-hybridized carbons (Fsp3) is 0.571. The molecule has 1 rings (SSSR count). The van der Waals surface area contributed by atoms with Gasteiger partial charge in [0.2, 0.25) is 0 Å². The van der Waals surface area contributed by atoms with Crippen LogP contribution in [0.15, 0.2) is 24.3 Å². The van der Waals surface area contributed by atoms with Gasteiger partial charge < -0.3 is 13.6 Å². The predicted molar refractivity (Wildman–Crippen MR) is 76.1 cm³/mol. The molecule has 0 bridgehead atoms. The first kappa shape index (κ1) is 15.2. The summed E-state index contributed by atoms with van der Waals surface area (Å²) < 4.78 is 16.9. The number of rotatable bonds is 8. The molecule has 0 saturated carbocycles. The molecule has 0 spiro atoms. The fourth-order valence-corrected chi connectivity index (χ4v) is 2.72. The standard InChI is InChI=1S/C14H24O3Si/c1-5-6-11-16-18(3,4)17-12-13-7-9-14(15-2)10-8-13/h7-10H,5-6,11-12H2,1-4H3. The van der Waals surface area contributed by atoms with E-state index in [-0.39, 0.29) is 0 Å².